The van der Waals surface area contributed by atoms with Crippen LogP contribution >= 0.6 is 0 Å². The monoisotopic (exact) mass is 263 g/mol. The number of aliphatic imine (C=N–C) groups is 1. The second kappa shape index (κ2) is 5.41. The highest BCUT2D eigenvalue weighted by molar-refractivity contribution is 5.99. The Morgan fingerprint density at radius 2 is 1.90 bits per heavy atom. The predicted molar refractivity (Wildman–Crippen MR) is 76.9 cm³/mol. The molecule has 2 heterocycles. The molecule has 0 saturated heterocycles. The van der Waals surface area contributed by atoms with Crippen molar-refractivity contribution in [2.75, 3.05) is 11.4 Å². The first kappa shape index (κ1) is 12.2. The van der Waals surface area contributed by atoms with E-state index in [0.717, 1.165) is 5.69 Å². The average molecular weight is 263 g/mol. The van der Waals surface area contributed by atoms with Gasteiger partial charge in [-0.15, -0.1) is 0 Å². The van der Waals surface area contributed by atoms with E-state index in [1.807, 2.05) is 41.4 Å². The van der Waals surface area contributed by atoms with Crippen LogP contribution in [0, 0.1) is 11.5 Å². The van der Waals surface area contributed by atoms with Crippen LogP contribution in [0.5, 0.6) is 0 Å². The normalized spacial score (nSPS) is 17.4. The zero-order valence-electron chi connectivity index (χ0n) is 10.8. The Hall–Kier alpha value is -2.87. The maximum atomic E-state index is 8.87. The van der Waals surface area contributed by atoms with Gasteiger partial charge in [0.15, 0.2) is 6.19 Å². The van der Waals surface area contributed by atoms with Gasteiger partial charge in [-0.05, 0) is 17.7 Å². The van der Waals surface area contributed by atoms with E-state index in [-0.39, 0.29) is 6.04 Å². The van der Waals surface area contributed by atoms with E-state index < -0.39 is 0 Å². The van der Waals surface area contributed by atoms with Crippen molar-refractivity contribution in [2.45, 2.75) is 6.04 Å². The lowest BCUT2D eigenvalue weighted by molar-refractivity contribution is 0.766. The van der Waals surface area contributed by atoms with Gasteiger partial charge >= 0.3 is 0 Å². The molecule has 1 aromatic carbocycles. The largest absolute Gasteiger partial charge is 0.302 e. The summed E-state index contributed by atoms with van der Waals surface area (Å²) in [5.41, 5.74) is 2.13. The smallest absolute Gasteiger partial charge is 0.212 e. The van der Waals surface area contributed by atoms with Crippen LogP contribution in [0.25, 0.3) is 0 Å². The Kier molecular flexibility index (Phi) is 3.29. The van der Waals surface area contributed by atoms with Crippen LogP contribution in [-0.4, -0.2) is 17.5 Å². The predicted octanol–water partition coefficient (Wildman–Crippen LogP) is 2.07. The van der Waals surface area contributed by atoms with Crippen molar-refractivity contribution in [1.29, 1.82) is 5.26 Å². The molecule has 2 aromatic rings. The fraction of sp³-hybridized carbons (Fsp3) is 0.133. The van der Waals surface area contributed by atoms with E-state index >= 15 is 0 Å². The number of nitrogens with zero attached hydrogens (tertiary/aromatic N) is 4. The van der Waals surface area contributed by atoms with E-state index in [0.29, 0.717) is 12.5 Å². The second-order valence-electron chi connectivity index (χ2n) is 4.40. The number of rotatable bonds is 2. The van der Waals surface area contributed by atoms with Crippen molar-refractivity contribution in [3.05, 3.63) is 60.4 Å². The Balaban J connectivity index is 1.99. The fourth-order valence-corrected chi connectivity index (χ4v) is 2.36. The molecule has 1 aromatic heterocycles. The molecule has 1 unspecified atom stereocenters. The summed E-state index contributed by atoms with van der Waals surface area (Å²) < 4.78 is 0. The van der Waals surface area contributed by atoms with Crippen LogP contribution in [0.2, 0.25) is 0 Å². The summed E-state index contributed by atoms with van der Waals surface area (Å²) in [6.07, 6.45) is 5.41. The topological polar surface area (TPSA) is 64.3 Å². The molecule has 0 amide bonds. The van der Waals surface area contributed by atoms with Gasteiger partial charge in [0.1, 0.15) is 0 Å². The van der Waals surface area contributed by atoms with E-state index in [9.17, 15) is 0 Å². The number of nitriles is 1. The first-order chi connectivity index (χ1) is 9.90. The van der Waals surface area contributed by atoms with Crippen LogP contribution in [0.3, 0.4) is 0 Å². The van der Waals surface area contributed by atoms with Gasteiger partial charge < -0.3 is 4.90 Å². The Morgan fingerprint density at radius 1 is 1.15 bits per heavy atom. The molecular weight excluding hydrogens is 250 g/mol. The van der Waals surface area contributed by atoms with Crippen molar-refractivity contribution in [3.63, 3.8) is 0 Å². The molecule has 0 radical (unpaired) electrons. The minimum absolute atomic E-state index is 0.0921. The summed E-state index contributed by atoms with van der Waals surface area (Å²) in [5.74, 6) is 0.576. The van der Waals surface area contributed by atoms with Crippen LogP contribution < -0.4 is 10.2 Å². The van der Waals surface area contributed by atoms with Crippen molar-refractivity contribution in [2.24, 2.45) is 4.99 Å². The van der Waals surface area contributed by atoms with Crippen LogP contribution in [0.1, 0.15) is 11.6 Å². The second-order valence-corrected chi connectivity index (χ2v) is 4.40. The molecule has 0 bridgehead atoms. The van der Waals surface area contributed by atoms with Crippen LogP contribution in [0.15, 0.2) is 59.9 Å². The highest BCUT2D eigenvalue weighted by Crippen LogP contribution is 2.30. The average Bonchev–Trinajstić information content (AvgIpc) is 2.93. The molecular formula is C15H13N5. The first-order valence-electron chi connectivity index (χ1n) is 6.34. The minimum atomic E-state index is 0.0921. The molecule has 5 nitrogen and oxygen atoms in total. The number of benzene rings is 1. The molecule has 1 aliphatic rings. The highest BCUT2D eigenvalue weighted by Gasteiger charge is 2.30. The van der Waals surface area contributed by atoms with Gasteiger partial charge in [-0.1, -0.05) is 30.3 Å². The standard InChI is InChI=1S/C15H13N5/c16-11-19-15-18-10-14(12-4-2-1-3-5-12)20(15)13-6-8-17-9-7-13/h1-9,14H,10H2,(H,18,19). The Morgan fingerprint density at radius 3 is 2.60 bits per heavy atom. The van der Waals surface area contributed by atoms with Gasteiger partial charge in [-0.2, -0.15) is 5.26 Å². The molecule has 98 valence electrons. The summed E-state index contributed by atoms with van der Waals surface area (Å²) in [6.45, 7) is 0.621. The summed E-state index contributed by atoms with van der Waals surface area (Å²) in [4.78, 5) is 10.5. The number of hydrogen-bond donors (Lipinski definition) is 1. The summed E-state index contributed by atoms with van der Waals surface area (Å²) in [5, 5.41) is 11.5. The Bertz CT molecular complexity index is 645. The van der Waals surface area contributed by atoms with E-state index in [1.165, 1.54) is 5.56 Å². The molecule has 1 aliphatic heterocycles. The molecule has 20 heavy (non-hydrogen) atoms. The van der Waals surface area contributed by atoms with E-state index in [2.05, 4.69) is 27.4 Å². The lowest BCUT2D eigenvalue weighted by Gasteiger charge is -2.27. The lowest BCUT2D eigenvalue weighted by Crippen LogP contribution is -2.38. The van der Waals surface area contributed by atoms with Gasteiger partial charge in [-0.3, -0.25) is 10.3 Å². The number of hydrogen-bond acceptors (Lipinski definition) is 5. The number of guanidine groups is 1. The SMILES string of the molecule is N#CNC1=NCC(c2ccccc2)N1c1ccncc1. The zero-order chi connectivity index (χ0) is 13.8. The molecule has 0 saturated carbocycles. The third kappa shape index (κ3) is 2.19. The molecule has 5 heteroatoms. The van der Waals surface area contributed by atoms with Gasteiger partial charge in [-0.25, -0.2) is 4.99 Å². The molecule has 0 aliphatic carbocycles. The molecule has 0 fully saturated rings. The number of nitrogens with one attached hydrogen (secondary N) is 1. The van der Waals surface area contributed by atoms with Gasteiger partial charge in [0.05, 0.1) is 12.6 Å². The highest BCUT2D eigenvalue weighted by atomic mass is 15.4. The minimum Gasteiger partial charge on any atom is -0.302 e. The third-order valence-electron chi connectivity index (χ3n) is 3.25. The van der Waals surface area contributed by atoms with Crippen molar-refractivity contribution >= 4 is 11.6 Å². The van der Waals surface area contributed by atoms with Gasteiger partial charge in [0, 0.05) is 18.1 Å². The Labute approximate surface area is 117 Å². The fourth-order valence-electron chi connectivity index (χ4n) is 2.36. The van der Waals surface area contributed by atoms with Crippen molar-refractivity contribution in [3.8, 4) is 6.19 Å². The molecule has 0 spiro atoms. The first-order valence-corrected chi connectivity index (χ1v) is 6.34. The van der Waals surface area contributed by atoms with Crippen LogP contribution in [0.4, 0.5) is 5.69 Å². The maximum absolute atomic E-state index is 8.87. The van der Waals surface area contributed by atoms with Gasteiger partial charge in [0.2, 0.25) is 5.96 Å². The summed E-state index contributed by atoms with van der Waals surface area (Å²) >= 11 is 0. The molecule has 1 atom stereocenters. The number of pyridine rings is 1. The third-order valence-corrected chi connectivity index (χ3v) is 3.25. The van der Waals surface area contributed by atoms with Crippen LogP contribution in [-0.2, 0) is 0 Å². The molecule has 1 N–H and O–H groups in total. The summed E-state index contributed by atoms with van der Waals surface area (Å²) in [6, 6.07) is 14.1. The summed E-state index contributed by atoms with van der Waals surface area (Å²) in [7, 11) is 0. The van der Waals surface area contributed by atoms with E-state index in [4.69, 9.17) is 5.26 Å². The zero-order valence-corrected chi connectivity index (χ0v) is 10.8. The van der Waals surface area contributed by atoms with Crippen molar-refractivity contribution in [1.82, 2.24) is 10.3 Å². The van der Waals surface area contributed by atoms with E-state index in [1.54, 1.807) is 12.4 Å². The quantitative estimate of drug-likeness (QED) is 0.665. The lowest BCUT2D eigenvalue weighted by atomic mass is 10.1. The number of aromatic nitrogens is 1. The van der Waals surface area contributed by atoms with Crippen molar-refractivity contribution < 1.29 is 0 Å². The number of anilines is 1. The maximum Gasteiger partial charge on any atom is 0.212 e. The molecule has 3 rings (SSSR count). The van der Waals surface area contributed by atoms with Gasteiger partial charge in [0.25, 0.3) is 0 Å².